The van der Waals surface area contributed by atoms with Gasteiger partial charge in [0.25, 0.3) is 5.88 Å². The Bertz CT molecular complexity index is 1010. The Kier molecular flexibility index (Phi) is 7.98. The number of ether oxygens (including phenoxy) is 4. The predicted octanol–water partition coefficient (Wildman–Crippen LogP) is 3.78. The third-order valence-corrected chi connectivity index (χ3v) is 8.08. The molecule has 198 valence electrons. The first-order valence-electron chi connectivity index (χ1n) is 13.3. The maximum atomic E-state index is 12.4. The van der Waals surface area contributed by atoms with E-state index in [9.17, 15) is 9.90 Å². The van der Waals surface area contributed by atoms with E-state index in [2.05, 4.69) is 10.1 Å². The minimum absolute atomic E-state index is 0.0475. The number of carbonyl (C=O) groups excluding carboxylic acids is 1. The summed E-state index contributed by atoms with van der Waals surface area (Å²) in [4.78, 5) is 14.6. The maximum Gasteiger partial charge on any atom is 0.310 e. The lowest BCUT2D eigenvalue weighted by molar-refractivity contribution is -0.159. The van der Waals surface area contributed by atoms with E-state index in [4.69, 9.17) is 23.5 Å². The Balaban J connectivity index is 1.08. The van der Waals surface area contributed by atoms with E-state index in [1.165, 1.54) is 0 Å². The summed E-state index contributed by atoms with van der Waals surface area (Å²) in [6.45, 7) is 5.87. The van der Waals surface area contributed by atoms with Gasteiger partial charge in [0.05, 0.1) is 31.8 Å². The lowest BCUT2D eigenvalue weighted by atomic mass is 9.70. The zero-order valence-electron chi connectivity index (χ0n) is 21.2. The van der Waals surface area contributed by atoms with Crippen LogP contribution in [-0.2, 0) is 14.3 Å². The molecule has 36 heavy (non-hydrogen) atoms. The molecule has 1 N–H and O–H groups in total. The number of aliphatic hydroxyl groups is 1. The van der Waals surface area contributed by atoms with Crippen molar-refractivity contribution in [2.75, 3.05) is 46.2 Å². The van der Waals surface area contributed by atoms with Crippen LogP contribution in [0.15, 0.2) is 22.7 Å². The van der Waals surface area contributed by atoms with Crippen molar-refractivity contribution in [3.05, 3.63) is 18.2 Å². The zero-order chi connectivity index (χ0) is 25.0. The molecule has 2 atom stereocenters. The van der Waals surface area contributed by atoms with Gasteiger partial charge in [0.2, 0.25) is 0 Å². The SMILES string of the molecule is CC1CC(C(=O)OCN2CCC(COc3noc4cccc(OCC5(CO)CCC5)c34)CC2)CCO1. The summed E-state index contributed by atoms with van der Waals surface area (Å²) in [6, 6.07) is 5.63. The first kappa shape index (κ1) is 25.3. The number of piperidine rings is 1. The summed E-state index contributed by atoms with van der Waals surface area (Å²) in [6.07, 6.45) is 6.63. The van der Waals surface area contributed by atoms with Gasteiger partial charge < -0.3 is 28.6 Å². The second-order valence-electron chi connectivity index (χ2n) is 10.8. The minimum atomic E-state index is -0.133. The van der Waals surface area contributed by atoms with Crippen LogP contribution < -0.4 is 9.47 Å². The number of nitrogens with zero attached hydrogens (tertiary/aromatic N) is 2. The number of benzene rings is 1. The average Bonchev–Trinajstić information content (AvgIpc) is 3.30. The average molecular weight is 503 g/mol. The van der Waals surface area contributed by atoms with Crippen LogP contribution in [0.3, 0.4) is 0 Å². The fourth-order valence-electron chi connectivity index (χ4n) is 5.37. The molecule has 1 saturated carbocycles. The van der Waals surface area contributed by atoms with Crippen LogP contribution in [-0.4, -0.2) is 73.5 Å². The van der Waals surface area contributed by atoms with Crippen LogP contribution in [0.1, 0.15) is 51.9 Å². The molecule has 2 saturated heterocycles. The summed E-state index contributed by atoms with van der Waals surface area (Å²) in [5.74, 6) is 1.37. The lowest BCUT2D eigenvalue weighted by Gasteiger charge is -2.39. The molecule has 9 heteroatoms. The Hall–Kier alpha value is -2.36. The summed E-state index contributed by atoms with van der Waals surface area (Å²) >= 11 is 0. The van der Waals surface area contributed by atoms with Crippen molar-refractivity contribution < 1.29 is 33.4 Å². The highest BCUT2D eigenvalue weighted by molar-refractivity contribution is 5.88. The van der Waals surface area contributed by atoms with Gasteiger partial charge in [0.1, 0.15) is 17.9 Å². The van der Waals surface area contributed by atoms with Crippen LogP contribution in [0.5, 0.6) is 11.6 Å². The molecule has 0 radical (unpaired) electrons. The number of fused-ring (bicyclic) bond motifs is 1. The van der Waals surface area contributed by atoms with Gasteiger partial charge in [-0.15, -0.1) is 0 Å². The molecular weight excluding hydrogens is 464 g/mol. The molecule has 2 aromatic rings. The first-order valence-corrected chi connectivity index (χ1v) is 13.3. The Morgan fingerprint density at radius 1 is 1.22 bits per heavy atom. The third kappa shape index (κ3) is 5.79. The molecular formula is C27H38N2O7. The number of likely N-dealkylation sites (tertiary alicyclic amines) is 1. The van der Waals surface area contributed by atoms with E-state index in [0.29, 0.717) is 49.7 Å². The fourth-order valence-corrected chi connectivity index (χ4v) is 5.37. The van der Waals surface area contributed by atoms with Gasteiger partial charge in [-0.1, -0.05) is 12.5 Å². The van der Waals surface area contributed by atoms with E-state index >= 15 is 0 Å². The van der Waals surface area contributed by atoms with Crippen molar-refractivity contribution in [2.24, 2.45) is 17.3 Å². The minimum Gasteiger partial charge on any atom is -0.492 e. The molecule has 9 nitrogen and oxygen atoms in total. The lowest BCUT2D eigenvalue weighted by Crippen LogP contribution is -2.39. The predicted molar refractivity (Wildman–Crippen MR) is 132 cm³/mol. The molecule has 0 spiro atoms. The molecule has 2 aliphatic heterocycles. The van der Waals surface area contributed by atoms with Crippen molar-refractivity contribution in [1.82, 2.24) is 10.1 Å². The second kappa shape index (κ2) is 11.4. The van der Waals surface area contributed by atoms with Crippen molar-refractivity contribution in [3.63, 3.8) is 0 Å². The van der Waals surface area contributed by atoms with Crippen molar-refractivity contribution in [1.29, 1.82) is 0 Å². The van der Waals surface area contributed by atoms with Gasteiger partial charge in [-0.05, 0) is 68.7 Å². The summed E-state index contributed by atoms with van der Waals surface area (Å²) in [5, 5.41) is 14.6. The smallest absolute Gasteiger partial charge is 0.310 e. The molecule has 0 amide bonds. The van der Waals surface area contributed by atoms with Crippen molar-refractivity contribution in [3.8, 4) is 11.6 Å². The molecule has 3 heterocycles. The number of aliphatic hydroxyl groups excluding tert-OH is 1. The third-order valence-electron chi connectivity index (χ3n) is 8.08. The van der Waals surface area contributed by atoms with Crippen LogP contribution >= 0.6 is 0 Å². The van der Waals surface area contributed by atoms with Crippen LogP contribution in [0.2, 0.25) is 0 Å². The Morgan fingerprint density at radius 2 is 2.06 bits per heavy atom. The highest BCUT2D eigenvalue weighted by atomic mass is 16.5. The van der Waals surface area contributed by atoms with Crippen LogP contribution in [0.25, 0.3) is 11.0 Å². The van der Waals surface area contributed by atoms with E-state index in [1.807, 2.05) is 25.1 Å². The van der Waals surface area contributed by atoms with Gasteiger partial charge in [0, 0.05) is 25.1 Å². The Morgan fingerprint density at radius 3 is 2.78 bits per heavy atom. The van der Waals surface area contributed by atoms with Gasteiger partial charge in [-0.2, -0.15) is 0 Å². The number of carbonyl (C=O) groups is 1. The first-order chi connectivity index (χ1) is 17.5. The number of hydrogen-bond donors (Lipinski definition) is 1. The van der Waals surface area contributed by atoms with Crippen molar-refractivity contribution in [2.45, 2.75) is 58.0 Å². The van der Waals surface area contributed by atoms with E-state index < -0.39 is 0 Å². The quantitative estimate of drug-likeness (QED) is 0.486. The normalized spacial score (nSPS) is 24.8. The van der Waals surface area contributed by atoms with E-state index in [1.54, 1.807) is 0 Å². The van der Waals surface area contributed by atoms with Gasteiger partial charge in [-0.25, -0.2) is 0 Å². The Labute approximate surface area is 212 Å². The topological polar surface area (TPSA) is 103 Å². The monoisotopic (exact) mass is 502 g/mol. The molecule has 1 aliphatic carbocycles. The molecule has 2 unspecified atom stereocenters. The molecule has 1 aromatic heterocycles. The zero-order valence-corrected chi connectivity index (χ0v) is 21.2. The standard InChI is InChI=1S/C27H38N2O7/c1-19-14-21(8-13-32-19)26(31)35-18-29-11-6-20(7-12-29)15-33-25-24-22(4-2-5-23(24)36-28-25)34-17-27(16-30)9-3-10-27/h2,4-5,19-21,30H,3,6-18H2,1H3. The molecule has 3 fully saturated rings. The van der Waals surface area contributed by atoms with Crippen molar-refractivity contribution >= 4 is 16.9 Å². The molecule has 3 aliphatic rings. The van der Waals surface area contributed by atoms with Crippen LogP contribution in [0.4, 0.5) is 0 Å². The highest BCUT2D eigenvalue weighted by Crippen LogP contribution is 2.42. The molecule has 1 aromatic carbocycles. The summed E-state index contributed by atoms with van der Waals surface area (Å²) in [5.41, 5.74) is 0.496. The largest absolute Gasteiger partial charge is 0.492 e. The van der Waals surface area contributed by atoms with Gasteiger partial charge in [-0.3, -0.25) is 9.69 Å². The van der Waals surface area contributed by atoms with E-state index in [-0.39, 0.29) is 30.0 Å². The maximum absolute atomic E-state index is 12.4. The number of aromatic nitrogens is 1. The number of hydrogen-bond acceptors (Lipinski definition) is 9. The van der Waals surface area contributed by atoms with Gasteiger partial charge >= 0.3 is 5.97 Å². The van der Waals surface area contributed by atoms with Crippen LogP contribution in [0, 0.1) is 17.3 Å². The summed E-state index contributed by atoms with van der Waals surface area (Å²) in [7, 11) is 0. The number of rotatable bonds is 10. The van der Waals surface area contributed by atoms with E-state index in [0.717, 1.165) is 63.4 Å². The molecule has 5 rings (SSSR count). The number of esters is 1. The highest BCUT2D eigenvalue weighted by Gasteiger charge is 2.37. The summed E-state index contributed by atoms with van der Waals surface area (Å²) < 4.78 is 28.8. The second-order valence-corrected chi connectivity index (χ2v) is 10.8. The fraction of sp³-hybridized carbons (Fsp3) is 0.704. The van der Waals surface area contributed by atoms with Gasteiger partial charge in [0.15, 0.2) is 5.58 Å². The molecule has 0 bridgehead atoms.